The second-order valence-corrected chi connectivity index (χ2v) is 5.46. The lowest BCUT2D eigenvalue weighted by atomic mass is 9.82. The van der Waals surface area contributed by atoms with Crippen LogP contribution in [-0.2, 0) is 0 Å². The van der Waals surface area contributed by atoms with Gasteiger partial charge in [0.25, 0.3) is 0 Å². The molecule has 0 aliphatic heterocycles. The van der Waals surface area contributed by atoms with Crippen LogP contribution in [-0.4, -0.2) is 14.6 Å². The van der Waals surface area contributed by atoms with Crippen molar-refractivity contribution in [2.75, 3.05) is 0 Å². The van der Waals surface area contributed by atoms with Crippen LogP contribution < -0.4 is 0 Å². The van der Waals surface area contributed by atoms with E-state index in [1.807, 2.05) is 0 Å². The van der Waals surface area contributed by atoms with E-state index >= 15 is 0 Å². The molecule has 0 atom stereocenters. The molecule has 2 radical (unpaired) electrons. The normalized spacial score (nSPS) is 14.0. The summed E-state index contributed by atoms with van der Waals surface area (Å²) >= 11 is 0. The van der Waals surface area contributed by atoms with E-state index in [4.69, 9.17) is 4.80 Å². The second kappa shape index (κ2) is 2.43. The third-order valence-electron chi connectivity index (χ3n) is 2.15. The second-order valence-electron chi connectivity index (χ2n) is 3.99. The molecular formula is C7H16OSi. The minimum absolute atomic E-state index is 0.0359. The highest BCUT2D eigenvalue weighted by atomic mass is 28.2. The van der Waals surface area contributed by atoms with E-state index in [9.17, 15) is 0 Å². The Labute approximate surface area is 60.4 Å². The molecule has 0 heterocycles. The largest absolute Gasteiger partial charge is 0.431 e. The fraction of sp³-hybridized carbons (Fsp3) is 1.00. The summed E-state index contributed by atoms with van der Waals surface area (Å²) in [6, 6.07) is 0. The van der Waals surface area contributed by atoms with Gasteiger partial charge in [0, 0.05) is 0 Å². The quantitative estimate of drug-likeness (QED) is 0.557. The van der Waals surface area contributed by atoms with Gasteiger partial charge in [-0.05, 0) is 10.5 Å². The van der Waals surface area contributed by atoms with E-state index < -0.39 is 0 Å². The van der Waals surface area contributed by atoms with Crippen molar-refractivity contribution in [2.24, 2.45) is 5.41 Å². The molecule has 9 heavy (non-hydrogen) atoms. The molecule has 1 N–H and O–H groups in total. The van der Waals surface area contributed by atoms with Crippen LogP contribution >= 0.6 is 0 Å². The van der Waals surface area contributed by atoms with Crippen molar-refractivity contribution in [1.29, 1.82) is 0 Å². The Balaban J connectivity index is 4.14. The SMILES string of the molecule is CC(C)(C)C(C)(C)[Si]O. The lowest BCUT2D eigenvalue weighted by molar-refractivity contribution is 0.280. The third kappa shape index (κ3) is 2.10. The predicted molar refractivity (Wildman–Crippen MR) is 41.5 cm³/mol. The van der Waals surface area contributed by atoms with Gasteiger partial charge >= 0.3 is 0 Å². The molecule has 2 heteroatoms. The van der Waals surface area contributed by atoms with Gasteiger partial charge in [0.1, 0.15) is 0 Å². The van der Waals surface area contributed by atoms with Crippen molar-refractivity contribution in [1.82, 2.24) is 0 Å². The van der Waals surface area contributed by atoms with E-state index in [0.29, 0.717) is 0 Å². The summed E-state index contributed by atoms with van der Waals surface area (Å²) in [6.45, 7) is 10.6. The zero-order valence-electron chi connectivity index (χ0n) is 6.95. The minimum Gasteiger partial charge on any atom is -0.431 e. The fourth-order valence-electron chi connectivity index (χ4n) is 0.168. The van der Waals surface area contributed by atoms with Gasteiger partial charge in [0.2, 0.25) is 9.76 Å². The van der Waals surface area contributed by atoms with Crippen LogP contribution in [0.2, 0.25) is 5.04 Å². The van der Waals surface area contributed by atoms with Gasteiger partial charge in [-0.2, -0.15) is 0 Å². The molecular weight excluding hydrogens is 128 g/mol. The maximum absolute atomic E-state index is 8.96. The average Bonchev–Trinajstić information content (AvgIpc) is 1.64. The van der Waals surface area contributed by atoms with E-state index in [0.717, 1.165) is 0 Å². The van der Waals surface area contributed by atoms with Crippen molar-refractivity contribution in [3.8, 4) is 0 Å². The molecule has 0 aromatic rings. The van der Waals surface area contributed by atoms with Crippen LogP contribution in [0.3, 0.4) is 0 Å². The first kappa shape index (κ1) is 9.18. The first-order valence-corrected chi connectivity index (χ1v) is 4.17. The molecule has 0 rings (SSSR count). The summed E-state index contributed by atoms with van der Waals surface area (Å²) in [5.41, 5.74) is 0.209. The smallest absolute Gasteiger partial charge is 0.231 e. The highest BCUT2D eigenvalue weighted by molar-refractivity contribution is 6.30. The van der Waals surface area contributed by atoms with Gasteiger partial charge in [0.05, 0.1) is 0 Å². The van der Waals surface area contributed by atoms with Crippen LogP contribution in [0.1, 0.15) is 34.6 Å². The van der Waals surface area contributed by atoms with Gasteiger partial charge < -0.3 is 4.80 Å². The van der Waals surface area contributed by atoms with E-state index in [1.165, 1.54) is 0 Å². The molecule has 0 unspecified atom stereocenters. The van der Waals surface area contributed by atoms with Gasteiger partial charge in [0.15, 0.2) is 0 Å². The average molecular weight is 144 g/mol. The van der Waals surface area contributed by atoms with E-state index in [1.54, 1.807) is 0 Å². The first-order valence-electron chi connectivity index (χ1n) is 3.22. The zero-order chi connectivity index (χ0) is 7.71. The summed E-state index contributed by atoms with van der Waals surface area (Å²) < 4.78 is 0. The lowest BCUT2D eigenvalue weighted by Gasteiger charge is -2.35. The van der Waals surface area contributed by atoms with Crippen LogP contribution in [0, 0.1) is 5.41 Å². The molecule has 0 saturated heterocycles. The highest BCUT2D eigenvalue weighted by Gasteiger charge is 2.32. The van der Waals surface area contributed by atoms with Crippen molar-refractivity contribution < 1.29 is 4.80 Å². The molecule has 0 aliphatic carbocycles. The number of hydrogen-bond donors (Lipinski definition) is 1. The third-order valence-corrected chi connectivity index (χ3v) is 3.46. The van der Waals surface area contributed by atoms with Crippen LogP contribution in [0.15, 0.2) is 0 Å². The number of rotatable bonds is 1. The Morgan fingerprint density at radius 1 is 1.00 bits per heavy atom. The first-order chi connectivity index (χ1) is 3.81. The topological polar surface area (TPSA) is 20.2 Å². The minimum atomic E-state index is 0.0359. The lowest BCUT2D eigenvalue weighted by Crippen LogP contribution is -2.28. The van der Waals surface area contributed by atoms with Crippen LogP contribution in [0.4, 0.5) is 0 Å². The van der Waals surface area contributed by atoms with Gasteiger partial charge in [-0.3, -0.25) is 0 Å². The Hall–Kier alpha value is 0.177. The Morgan fingerprint density at radius 2 is 1.33 bits per heavy atom. The summed E-state index contributed by atoms with van der Waals surface area (Å²) in [5, 5.41) is 0.0625. The molecule has 0 spiro atoms. The molecule has 0 saturated carbocycles. The molecule has 0 aromatic carbocycles. The summed E-state index contributed by atoms with van der Waals surface area (Å²) in [6.07, 6.45) is 0. The van der Waals surface area contributed by atoms with Crippen molar-refractivity contribution in [3.63, 3.8) is 0 Å². The molecule has 0 aromatic heterocycles. The fourth-order valence-corrected chi connectivity index (χ4v) is 0.503. The molecule has 54 valence electrons. The number of hydrogen-bond acceptors (Lipinski definition) is 1. The van der Waals surface area contributed by atoms with Gasteiger partial charge in [-0.1, -0.05) is 34.6 Å². The summed E-state index contributed by atoms with van der Waals surface area (Å²) in [4.78, 5) is 8.96. The van der Waals surface area contributed by atoms with Crippen LogP contribution in [0.25, 0.3) is 0 Å². The Kier molecular flexibility index (Phi) is 2.47. The zero-order valence-corrected chi connectivity index (χ0v) is 7.95. The molecule has 1 nitrogen and oxygen atoms in total. The molecule has 0 bridgehead atoms. The van der Waals surface area contributed by atoms with Gasteiger partial charge in [-0.25, -0.2) is 0 Å². The summed E-state index contributed by atoms with van der Waals surface area (Å²) in [5.74, 6) is 0. The Bertz CT molecular complexity index is 91.6. The molecule has 0 amide bonds. The maximum atomic E-state index is 8.96. The van der Waals surface area contributed by atoms with Crippen molar-refractivity contribution in [3.05, 3.63) is 0 Å². The van der Waals surface area contributed by atoms with E-state index in [2.05, 4.69) is 34.6 Å². The maximum Gasteiger partial charge on any atom is 0.231 e. The molecule has 0 aliphatic rings. The highest BCUT2D eigenvalue weighted by Crippen LogP contribution is 2.42. The Morgan fingerprint density at radius 3 is 1.33 bits per heavy atom. The molecule has 0 fully saturated rings. The van der Waals surface area contributed by atoms with Crippen molar-refractivity contribution >= 4 is 9.76 Å². The van der Waals surface area contributed by atoms with Crippen LogP contribution in [0.5, 0.6) is 0 Å². The predicted octanol–water partition coefficient (Wildman–Crippen LogP) is 1.84. The van der Waals surface area contributed by atoms with Gasteiger partial charge in [-0.15, -0.1) is 0 Å². The van der Waals surface area contributed by atoms with E-state index in [-0.39, 0.29) is 20.2 Å². The van der Waals surface area contributed by atoms with Crippen molar-refractivity contribution in [2.45, 2.75) is 39.7 Å². The standard InChI is InChI=1S/C7H16OSi/c1-6(2,3)7(4,5)9-8/h8H,1-5H3. The monoisotopic (exact) mass is 144 g/mol. The summed E-state index contributed by atoms with van der Waals surface area (Å²) in [7, 11) is 0.0359.